The lowest BCUT2D eigenvalue weighted by Gasteiger charge is -2.05. The number of Topliss-reactive ketones (excluding diaryl/α,β-unsaturated/α-hetero) is 1. The second-order valence-corrected chi connectivity index (χ2v) is 3.64. The Bertz CT molecular complexity index is 454. The van der Waals surface area contributed by atoms with Crippen LogP contribution < -0.4 is 5.32 Å². The van der Waals surface area contributed by atoms with Gasteiger partial charge >= 0.3 is 0 Å². The van der Waals surface area contributed by atoms with Gasteiger partial charge in [0, 0.05) is 23.5 Å². The van der Waals surface area contributed by atoms with Gasteiger partial charge in [-0.1, -0.05) is 6.07 Å². The molecule has 1 unspecified atom stereocenters. The zero-order valence-corrected chi connectivity index (χ0v) is 8.90. The van der Waals surface area contributed by atoms with Crippen molar-refractivity contribution in [2.75, 3.05) is 7.05 Å². The molecule has 2 rings (SSSR count). The fraction of sp³-hybridized carbons (Fsp3) is 0.250. The summed E-state index contributed by atoms with van der Waals surface area (Å²) in [5, 5.41) is 2.95. The van der Waals surface area contributed by atoms with Crippen LogP contribution in [0.3, 0.4) is 0 Å². The van der Waals surface area contributed by atoms with Gasteiger partial charge in [0.2, 0.25) is 0 Å². The summed E-state index contributed by atoms with van der Waals surface area (Å²) in [6, 6.07) is 7.67. The molecule has 3 heteroatoms. The van der Waals surface area contributed by atoms with Crippen LogP contribution in [0.15, 0.2) is 36.7 Å². The van der Waals surface area contributed by atoms with Crippen molar-refractivity contribution in [3.63, 3.8) is 0 Å². The van der Waals surface area contributed by atoms with Gasteiger partial charge in [0.15, 0.2) is 5.78 Å². The van der Waals surface area contributed by atoms with E-state index >= 15 is 0 Å². The van der Waals surface area contributed by atoms with E-state index < -0.39 is 0 Å². The number of hydrogen-bond donors (Lipinski definition) is 1. The first-order valence-corrected chi connectivity index (χ1v) is 5.00. The average Bonchev–Trinajstić information content (AvgIpc) is 2.70. The molecule has 0 fully saturated rings. The van der Waals surface area contributed by atoms with Crippen LogP contribution in [0, 0.1) is 0 Å². The van der Waals surface area contributed by atoms with Crippen molar-refractivity contribution in [2.24, 2.45) is 0 Å². The molecule has 0 aromatic carbocycles. The van der Waals surface area contributed by atoms with Crippen molar-refractivity contribution in [2.45, 2.75) is 13.0 Å². The van der Waals surface area contributed by atoms with Crippen LogP contribution in [0.25, 0.3) is 5.52 Å². The van der Waals surface area contributed by atoms with Crippen molar-refractivity contribution < 1.29 is 4.79 Å². The van der Waals surface area contributed by atoms with E-state index in [2.05, 4.69) is 5.32 Å². The highest BCUT2D eigenvalue weighted by molar-refractivity contribution is 6.00. The molecule has 2 aromatic rings. The van der Waals surface area contributed by atoms with E-state index in [-0.39, 0.29) is 11.8 Å². The predicted molar refractivity (Wildman–Crippen MR) is 60.2 cm³/mol. The summed E-state index contributed by atoms with van der Waals surface area (Å²) in [5.74, 6) is 0.126. The molecule has 0 amide bonds. The highest BCUT2D eigenvalue weighted by Gasteiger charge is 2.14. The number of fused-ring (bicyclic) bond motifs is 1. The van der Waals surface area contributed by atoms with Gasteiger partial charge in [-0.05, 0) is 32.2 Å². The number of pyridine rings is 1. The smallest absolute Gasteiger partial charge is 0.180 e. The van der Waals surface area contributed by atoms with Crippen molar-refractivity contribution >= 4 is 11.3 Å². The number of carbonyl (C=O) groups excluding carboxylic acids is 1. The summed E-state index contributed by atoms with van der Waals surface area (Å²) >= 11 is 0. The molecule has 15 heavy (non-hydrogen) atoms. The maximum absolute atomic E-state index is 11.9. The quantitative estimate of drug-likeness (QED) is 0.769. The molecule has 0 radical (unpaired) electrons. The zero-order chi connectivity index (χ0) is 10.8. The van der Waals surface area contributed by atoms with Gasteiger partial charge in [0.1, 0.15) is 0 Å². The Labute approximate surface area is 88.7 Å². The fourth-order valence-corrected chi connectivity index (χ4v) is 1.57. The Morgan fingerprint density at radius 3 is 2.93 bits per heavy atom. The van der Waals surface area contributed by atoms with Gasteiger partial charge in [-0.15, -0.1) is 0 Å². The van der Waals surface area contributed by atoms with Gasteiger partial charge in [-0.2, -0.15) is 0 Å². The first kappa shape index (κ1) is 9.93. The molecule has 2 aromatic heterocycles. The van der Waals surface area contributed by atoms with Crippen molar-refractivity contribution in [3.8, 4) is 0 Å². The topological polar surface area (TPSA) is 33.5 Å². The van der Waals surface area contributed by atoms with E-state index in [1.807, 2.05) is 48.0 Å². The van der Waals surface area contributed by atoms with Crippen LogP contribution in [-0.4, -0.2) is 23.3 Å². The third-order valence-corrected chi connectivity index (χ3v) is 2.62. The highest BCUT2D eigenvalue weighted by Crippen LogP contribution is 2.11. The zero-order valence-electron chi connectivity index (χ0n) is 8.90. The molecule has 78 valence electrons. The molecule has 0 saturated carbocycles. The lowest BCUT2D eigenvalue weighted by molar-refractivity contribution is 0.0955. The second kappa shape index (κ2) is 3.87. The van der Waals surface area contributed by atoms with Crippen LogP contribution in [-0.2, 0) is 0 Å². The molecule has 1 N–H and O–H groups in total. The molecule has 0 bridgehead atoms. The minimum absolute atomic E-state index is 0.126. The summed E-state index contributed by atoms with van der Waals surface area (Å²) in [5.41, 5.74) is 1.80. The SMILES string of the molecule is CNC(C)C(=O)c1cc2ccccn2c1. The molecule has 0 saturated heterocycles. The number of aromatic nitrogens is 1. The van der Waals surface area contributed by atoms with Crippen molar-refractivity contribution in [3.05, 3.63) is 42.2 Å². The normalized spacial score (nSPS) is 12.9. The highest BCUT2D eigenvalue weighted by atomic mass is 16.1. The lowest BCUT2D eigenvalue weighted by atomic mass is 10.1. The minimum atomic E-state index is -0.137. The van der Waals surface area contributed by atoms with Crippen LogP contribution in [0.2, 0.25) is 0 Å². The largest absolute Gasteiger partial charge is 0.323 e. The molecule has 1 atom stereocenters. The van der Waals surface area contributed by atoms with Gasteiger partial charge in [-0.3, -0.25) is 4.79 Å². The number of likely N-dealkylation sites (N-methyl/N-ethyl adjacent to an activating group) is 1. The molecule has 0 aliphatic carbocycles. The third kappa shape index (κ3) is 1.78. The number of rotatable bonds is 3. The first-order chi connectivity index (χ1) is 7.22. The second-order valence-electron chi connectivity index (χ2n) is 3.64. The Hall–Kier alpha value is -1.61. The summed E-state index contributed by atoms with van der Waals surface area (Å²) in [6.45, 7) is 1.87. The molecule has 0 spiro atoms. The van der Waals surface area contributed by atoms with Crippen LogP contribution >= 0.6 is 0 Å². The van der Waals surface area contributed by atoms with Gasteiger partial charge in [-0.25, -0.2) is 0 Å². The van der Waals surface area contributed by atoms with Crippen LogP contribution in [0.1, 0.15) is 17.3 Å². The Morgan fingerprint density at radius 2 is 2.27 bits per heavy atom. The summed E-state index contributed by atoms with van der Waals surface area (Å²) in [6.07, 6.45) is 3.81. The Morgan fingerprint density at radius 1 is 1.47 bits per heavy atom. The summed E-state index contributed by atoms with van der Waals surface area (Å²) < 4.78 is 1.95. The maximum atomic E-state index is 11.9. The fourth-order valence-electron chi connectivity index (χ4n) is 1.57. The van der Waals surface area contributed by atoms with E-state index in [9.17, 15) is 4.79 Å². The van der Waals surface area contributed by atoms with Crippen molar-refractivity contribution in [1.29, 1.82) is 0 Å². The Kier molecular flexibility index (Phi) is 2.56. The first-order valence-electron chi connectivity index (χ1n) is 5.00. The molecular weight excluding hydrogens is 188 g/mol. The molecular formula is C12H14N2O. The lowest BCUT2D eigenvalue weighted by Crippen LogP contribution is -2.30. The van der Waals surface area contributed by atoms with Gasteiger partial charge in [0.25, 0.3) is 0 Å². The standard InChI is InChI=1S/C12H14N2O/c1-9(13-2)12(15)10-7-11-5-3-4-6-14(11)8-10/h3-9,13H,1-2H3. The van der Waals surface area contributed by atoms with Crippen molar-refractivity contribution in [1.82, 2.24) is 9.72 Å². The van der Waals surface area contributed by atoms with E-state index in [4.69, 9.17) is 0 Å². The third-order valence-electron chi connectivity index (χ3n) is 2.62. The number of nitrogens with one attached hydrogen (secondary N) is 1. The van der Waals surface area contributed by atoms with E-state index in [1.54, 1.807) is 7.05 Å². The van der Waals surface area contributed by atoms with E-state index in [0.717, 1.165) is 11.1 Å². The maximum Gasteiger partial charge on any atom is 0.180 e. The van der Waals surface area contributed by atoms with E-state index in [1.165, 1.54) is 0 Å². The number of carbonyl (C=O) groups is 1. The minimum Gasteiger partial charge on any atom is -0.323 e. The monoisotopic (exact) mass is 202 g/mol. The van der Waals surface area contributed by atoms with Gasteiger partial charge in [0.05, 0.1) is 6.04 Å². The molecule has 0 aliphatic heterocycles. The summed E-state index contributed by atoms with van der Waals surface area (Å²) in [7, 11) is 1.79. The predicted octanol–water partition coefficient (Wildman–Crippen LogP) is 1.73. The Balaban J connectivity index is 2.41. The number of ketones is 1. The van der Waals surface area contributed by atoms with Crippen LogP contribution in [0.4, 0.5) is 0 Å². The molecule has 0 aliphatic rings. The number of hydrogen-bond acceptors (Lipinski definition) is 2. The van der Waals surface area contributed by atoms with Gasteiger partial charge < -0.3 is 9.72 Å². The van der Waals surface area contributed by atoms with E-state index in [0.29, 0.717) is 0 Å². The molecule has 2 heterocycles. The van der Waals surface area contributed by atoms with Crippen LogP contribution in [0.5, 0.6) is 0 Å². The average molecular weight is 202 g/mol. The summed E-state index contributed by atoms with van der Waals surface area (Å²) in [4.78, 5) is 11.9. The molecule has 3 nitrogen and oxygen atoms in total. The number of nitrogens with zero attached hydrogens (tertiary/aromatic N) is 1.